The molecular formula is C19H23N3O7. The summed E-state index contributed by atoms with van der Waals surface area (Å²) in [6.45, 7) is 2.77. The Morgan fingerprint density at radius 2 is 1.66 bits per heavy atom. The van der Waals surface area contributed by atoms with Crippen LogP contribution < -0.4 is 9.47 Å². The zero-order chi connectivity index (χ0) is 21.0. The van der Waals surface area contributed by atoms with Gasteiger partial charge in [0.1, 0.15) is 11.5 Å². The summed E-state index contributed by atoms with van der Waals surface area (Å²) in [5.41, 5.74) is 1.18. The van der Waals surface area contributed by atoms with E-state index in [1.807, 2.05) is 18.2 Å². The largest absolute Gasteiger partial charge is 0.497 e. The lowest BCUT2D eigenvalue weighted by molar-refractivity contribution is -0.159. The molecule has 2 heterocycles. The van der Waals surface area contributed by atoms with E-state index in [0.29, 0.717) is 11.8 Å². The molecule has 1 aromatic carbocycles. The van der Waals surface area contributed by atoms with E-state index in [0.717, 1.165) is 42.8 Å². The summed E-state index contributed by atoms with van der Waals surface area (Å²) in [6, 6.07) is 5.99. The first-order chi connectivity index (χ1) is 13.9. The van der Waals surface area contributed by atoms with Gasteiger partial charge in [-0.05, 0) is 30.5 Å². The Balaban J connectivity index is 0.000000353. The number of aliphatic carboxylic acids is 2. The number of carboxylic acid groups (broad SMARTS) is 2. The van der Waals surface area contributed by atoms with Crippen molar-refractivity contribution >= 4 is 11.9 Å². The van der Waals surface area contributed by atoms with Crippen LogP contribution in [0.15, 0.2) is 22.7 Å². The number of carboxylic acids is 2. The predicted molar refractivity (Wildman–Crippen MR) is 99.1 cm³/mol. The minimum atomic E-state index is -1.82. The highest BCUT2D eigenvalue weighted by atomic mass is 16.5. The Labute approximate surface area is 167 Å². The summed E-state index contributed by atoms with van der Waals surface area (Å²) in [7, 11) is 3.34. The van der Waals surface area contributed by atoms with Gasteiger partial charge in [-0.3, -0.25) is 4.90 Å². The molecule has 156 valence electrons. The number of likely N-dealkylation sites (tertiary alicyclic amines) is 1. The number of hydrogen-bond donors (Lipinski definition) is 2. The average molecular weight is 405 g/mol. The van der Waals surface area contributed by atoms with E-state index in [1.165, 1.54) is 18.4 Å². The van der Waals surface area contributed by atoms with Crippen LogP contribution in [0.3, 0.4) is 0 Å². The molecule has 1 aliphatic heterocycles. The molecule has 0 bridgehead atoms. The maximum Gasteiger partial charge on any atom is 0.414 e. The number of methoxy groups -OCH3 is 2. The average Bonchev–Trinajstić information content (AvgIpc) is 3.42. The first-order valence-corrected chi connectivity index (χ1v) is 9.13. The Morgan fingerprint density at radius 1 is 1.07 bits per heavy atom. The molecule has 2 aliphatic rings. The normalized spacial score (nSPS) is 16.3. The molecule has 0 unspecified atom stereocenters. The number of ether oxygens (including phenoxy) is 2. The van der Waals surface area contributed by atoms with Gasteiger partial charge in [0, 0.05) is 31.6 Å². The topological polar surface area (TPSA) is 135 Å². The van der Waals surface area contributed by atoms with Crippen molar-refractivity contribution in [2.45, 2.75) is 31.2 Å². The minimum Gasteiger partial charge on any atom is -0.497 e. The second-order valence-electron chi connectivity index (χ2n) is 6.99. The summed E-state index contributed by atoms with van der Waals surface area (Å²) in [5, 5.41) is 18.9. The van der Waals surface area contributed by atoms with Gasteiger partial charge in [-0.25, -0.2) is 9.59 Å². The molecule has 4 rings (SSSR count). The number of carbonyl (C=O) groups is 2. The lowest BCUT2D eigenvalue weighted by Gasteiger charge is -2.37. The summed E-state index contributed by atoms with van der Waals surface area (Å²) < 4.78 is 16.1. The third kappa shape index (κ3) is 5.44. The first kappa shape index (κ1) is 20.6. The van der Waals surface area contributed by atoms with Crippen molar-refractivity contribution < 1.29 is 33.8 Å². The molecule has 0 amide bonds. The van der Waals surface area contributed by atoms with Crippen LogP contribution in [0.1, 0.15) is 42.0 Å². The van der Waals surface area contributed by atoms with Crippen molar-refractivity contribution in [3.8, 4) is 11.5 Å². The zero-order valence-electron chi connectivity index (χ0n) is 16.2. The van der Waals surface area contributed by atoms with E-state index in [2.05, 4.69) is 15.0 Å². The van der Waals surface area contributed by atoms with Crippen LogP contribution in [0.4, 0.5) is 0 Å². The van der Waals surface area contributed by atoms with Gasteiger partial charge in [-0.1, -0.05) is 5.16 Å². The summed E-state index contributed by atoms with van der Waals surface area (Å²) in [5.74, 6) is 0.604. The van der Waals surface area contributed by atoms with Crippen molar-refractivity contribution in [1.82, 2.24) is 15.0 Å². The monoisotopic (exact) mass is 405 g/mol. The summed E-state index contributed by atoms with van der Waals surface area (Å²) in [4.78, 5) is 25.1. The van der Waals surface area contributed by atoms with Gasteiger partial charge >= 0.3 is 11.9 Å². The third-order valence-corrected chi connectivity index (χ3v) is 4.71. The highest BCUT2D eigenvalue weighted by Gasteiger charge is 2.35. The molecule has 1 saturated carbocycles. The molecule has 1 aromatic heterocycles. The molecule has 0 spiro atoms. The SMILES string of the molecule is COc1cc(CN2CC(c3nc(C4CC4)no3)C2)cc(OC)c1.O=C(O)C(=O)O. The summed E-state index contributed by atoms with van der Waals surface area (Å²) >= 11 is 0. The molecule has 2 N–H and O–H groups in total. The number of nitrogens with zero attached hydrogens (tertiary/aromatic N) is 3. The molecule has 2 fully saturated rings. The van der Waals surface area contributed by atoms with Crippen LogP contribution in [-0.4, -0.2) is 64.5 Å². The fraction of sp³-hybridized carbons (Fsp3) is 0.474. The highest BCUT2D eigenvalue weighted by molar-refractivity contribution is 6.27. The molecule has 0 atom stereocenters. The number of aromatic nitrogens is 2. The molecule has 29 heavy (non-hydrogen) atoms. The lowest BCUT2D eigenvalue weighted by atomic mass is 9.99. The van der Waals surface area contributed by atoms with Crippen LogP contribution in [0.25, 0.3) is 0 Å². The fourth-order valence-corrected chi connectivity index (χ4v) is 2.99. The Morgan fingerprint density at radius 3 is 2.14 bits per heavy atom. The summed E-state index contributed by atoms with van der Waals surface area (Å²) in [6.07, 6.45) is 2.40. The lowest BCUT2D eigenvalue weighted by Crippen LogP contribution is -2.44. The third-order valence-electron chi connectivity index (χ3n) is 4.71. The van der Waals surface area contributed by atoms with Crippen molar-refractivity contribution in [3.05, 3.63) is 35.5 Å². The number of hydrogen-bond acceptors (Lipinski definition) is 8. The van der Waals surface area contributed by atoms with Gasteiger partial charge in [0.15, 0.2) is 5.82 Å². The van der Waals surface area contributed by atoms with Crippen LogP contribution in [0.5, 0.6) is 11.5 Å². The quantitative estimate of drug-likeness (QED) is 0.684. The van der Waals surface area contributed by atoms with Crippen LogP contribution >= 0.6 is 0 Å². The van der Waals surface area contributed by atoms with Crippen molar-refractivity contribution in [2.24, 2.45) is 0 Å². The maximum absolute atomic E-state index is 9.10. The van der Waals surface area contributed by atoms with E-state index < -0.39 is 11.9 Å². The van der Waals surface area contributed by atoms with Crippen LogP contribution in [0, 0.1) is 0 Å². The van der Waals surface area contributed by atoms with E-state index in [4.69, 9.17) is 33.8 Å². The van der Waals surface area contributed by atoms with Crippen molar-refractivity contribution in [2.75, 3.05) is 27.3 Å². The number of benzene rings is 1. The second-order valence-corrected chi connectivity index (χ2v) is 6.99. The van der Waals surface area contributed by atoms with Crippen molar-refractivity contribution in [3.63, 3.8) is 0 Å². The highest BCUT2D eigenvalue weighted by Crippen LogP contribution is 2.39. The van der Waals surface area contributed by atoms with E-state index >= 15 is 0 Å². The van der Waals surface area contributed by atoms with Gasteiger partial charge in [0.05, 0.1) is 20.1 Å². The Bertz CT molecular complexity index is 838. The van der Waals surface area contributed by atoms with Gasteiger partial charge in [0.2, 0.25) is 5.89 Å². The van der Waals surface area contributed by atoms with Crippen LogP contribution in [0.2, 0.25) is 0 Å². The van der Waals surface area contributed by atoms with Gasteiger partial charge in [0.25, 0.3) is 0 Å². The van der Waals surface area contributed by atoms with Gasteiger partial charge in [-0.2, -0.15) is 4.98 Å². The minimum absolute atomic E-state index is 0.363. The van der Waals surface area contributed by atoms with E-state index in [-0.39, 0.29) is 0 Å². The standard InChI is InChI=1S/C17H21N3O3.C2H2O4/c1-21-14-5-11(6-15(7-14)22-2)8-20-9-13(10-20)17-18-16(19-23-17)12-3-4-12;3-1(4)2(5)6/h5-7,12-13H,3-4,8-10H2,1-2H3;(H,3,4)(H,5,6). The molecule has 10 heteroatoms. The smallest absolute Gasteiger partial charge is 0.414 e. The molecular weight excluding hydrogens is 382 g/mol. The fourth-order valence-electron chi connectivity index (χ4n) is 2.99. The van der Waals surface area contributed by atoms with Crippen molar-refractivity contribution in [1.29, 1.82) is 0 Å². The molecule has 2 aromatic rings. The zero-order valence-corrected chi connectivity index (χ0v) is 16.2. The van der Waals surface area contributed by atoms with Crippen LogP contribution in [-0.2, 0) is 16.1 Å². The molecule has 1 saturated heterocycles. The second kappa shape index (κ2) is 8.91. The Hall–Kier alpha value is -3.14. The molecule has 10 nitrogen and oxygen atoms in total. The maximum atomic E-state index is 9.10. The molecule has 0 radical (unpaired) electrons. The number of rotatable bonds is 6. The Kier molecular flexibility index (Phi) is 6.32. The molecule has 1 aliphatic carbocycles. The predicted octanol–water partition coefficient (Wildman–Crippen LogP) is 1.72. The first-order valence-electron chi connectivity index (χ1n) is 9.13. The van der Waals surface area contributed by atoms with E-state index in [9.17, 15) is 0 Å². The van der Waals surface area contributed by atoms with E-state index in [1.54, 1.807) is 14.2 Å². The van der Waals surface area contributed by atoms with Gasteiger partial charge < -0.3 is 24.2 Å². The van der Waals surface area contributed by atoms with Gasteiger partial charge in [-0.15, -0.1) is 0 Å².